The van der Waals surface area contributed by atoms with Gasteiger partial charge in [0.05, 0.1) is 24.8 Å². The smallest absolute Gasteiger partial charge is 0.295 e. The lowest BCUT2D eigenvalue weighted by molar-refractivity contribution is -0.140. The molecule has 2 atom stereocenters. The normalized spacial score (nSPS) is 20.9. The van der Waals surface area contributed by atoms with Gasteiger partial charge in [-0.15, -0.1) is 0 Å². The van der Waals surface area contributed by atoms with Gasteiger partial charge in [-0.05, 0) is 60.7 Å². The minimum atomic E-state index is -0.748. The molecule has 2 aromatic rings. The van der Waals surface area contributed by atoms with E-state index in [4.69, 9.17) is 14.2 Å². The highest BCUT2D eigenvalue weighted by molar-refractivity contribution is 6.46. The van der Waals surface area contributed by atoms with Crippen molar-refractivity contribution in [1.29, 1.82) is 0 Å². The number of methoxy groups -OCH3 is 1. The van der Waals surface area contributed by atoms with Crippen LogP contribution < -0.4 is 9.47 Å². The van der Waals surface area contributed by atoms with Gasteiger partial charge in [0.2, 0.25) is 0 Å². The first-order chi connectivity index (χ1) is 16.8. The van der Waals surface area contributed by atoms with Crippen LogP contribution in [0.4, 0.5) is 0 Å². The maximum absolute atomic E-state index is 13.2. The van der Waals surface area contributed by atoms with Crippen molar-refractivity contribution in [1.82, 2.24) is 4.90 Å². The predicted molar refractivity (Wildman–Crippen MR) is 133 cm³/mol. The molecule has 0 bridgehead atoms. The zero-order chi connectivity index (χ0) is 25.1. The lowest BCUT2D eigenvalue weighted by atomic mass is 9.94. The van der Waals surface area contributed by atoms with Crippen molar-refractivity contribution < 1.29 is 28.9 Å². The van der Waals surface area contributed by atoms with Crippen LogP contribution in [0.3, 0.4) is 0 Å². The molecule has 4 rings (SSSR count). The number of likely N-dealkylation sites (tertiary alicyclic amines) is 1. The van der Waals surface area contributed by atoms with E-state index >= 15 is 0 Å². The summed E-state index contributed by atoms with van der Waals surface area (Å²) >= 11 is 0. The van der Waals surface area contributed by atoms with E-state index in [2.05, 4.69) is 13.8 Å². The number of rotatable bonds is 9. The monoisotopic (exact) mass is 479 g/mol. The number of benzene rings is 2. The van der Waals surface area contributed by atoms with Crippen molar-refractivity contribution in [3.63, 3.8) is 0 Å². The van der Waals surface area contributed by atoms with E-state index in [1.807, 2.05) is 37.3 Å². The van der Waals surface area contributed by atoms with Crippen LogP contribution in [0, 0.1) is 5.92 Å². The van der Waals surface area contributed by atoms with E-state index in [1.54, 1.807) is 19.2 Å². The molecule has 1 saturated heterocycles. The van der Waals surface area contributed by atoms with Crippen molar-refractivity contribution in [2.75, 3.05) is 26.9 Å². The van der Waals surface area contributed by atoms with E-state index in [0.717, 1.165) is 24.2 Å². The van der Waals surface area contributed by atoms with Crippen LogP contribution in [0.25, 0.3) is 5.76 Å². The van der Waals surface area contributed by atoms with Gasteiger partial charge in [0.15, 0.2) is 0 Å². The molecule has 186 valence electrons. The van der Waals surface area contributed by atoms with Crippen LogP contribution in [0.1, 0.15) is 49.9 Å². The van der Waals surface area contributed by atoms with Gasteiger partial charge >= 0.3 is 0 Å². The SMILES string of the molecule is COCCN1C(=O)C(=O)C(=C(O)c2ccc3c(c2)C[C@H](C)O3)[C@@H]1c1cccc(OCCC(C)C)c1. The summed E-state index contributed by atoms with van der Waals surface area (Å²) in [5.74, 6) is 0.390. The van der Waals surface area contributed by atoms with E-state index in [0.29, 0.717) is 29.4 Å². The Morgan fingerprint density at radius 2 is 1.97 bits per heavy atom. The summed E-state index contributed by atoms with van der Waals surface area (Å²) in [4.78, 5) is 27.7. The Hall–Kier alpha value is -3.32. The molecule has 2 aliphatic heterocycles. The standard InChI is InChI=1S/C28H33NO6/c1-17(2)10-12-34-22-7-5-6-19(16-22)25-24(27(31)28(32)29(25)11-13-33-4)26(30)20-8-9-23-21(15-20)14-18(3)35-23/h5-9,15-18,25,30H,10-14H2,1-4H3/t18-,25-/m0/s1. The number of aliphatic hydroxyl groups is 1. The summed E-state index contributed by atoms with van der Waals surface area (Å²) < 4.78 is 16.9. The quantitative estimate of drug-likeness (QED) is 0.324. The number of ketones is 1. The number of hydrogen-bond donors (Lipinski definition) is 1. The van der Waals surface area contributed by atoms with Gasteiger partial charge in [-0.2, -0.15) is 0 Å². The van der Waals surface area contributed by atoms with Crippen LogP contribution >= 0.6 is 0 Å². The lowest BCUT2D eigenvalue weighted by Crippen LogP contribution is -2.32. The highest BCUT2D eigenvalue weighted by Gasteiger charge is 2.46. The number of carbonyl (C=O) groups excluding carboxylic acids is 2. The molecule has 0 aromatic heterocycles. The Morgan fingerprint density at radius 1 is 1.17 bits per heavy atom. The van der Waals surface area contributed by atoms with Crippen molar-refractivity contribution in [2.45, 2.75) is 45.8 Å². The predicted octanol–water partition coefficient (Wildman–Crippen LogP) is 4.50. The number of nitrogens with zero attached hydrogens (tertiary/aromatic N) is 1. The van der Waals surface area contributed by atoms with E-state index < -0.39 is 17.7 Å². The Balaban J connectivity index is 1.75. The summed E-state index contributed by atoms with van der Waals surface area (Å²) in [6.07, 6.45) is 1.69. The molecular formula is C28H33NO6. The Bertz CT molecular complexity index is 1140. The van der Waals surface area contributed by atoms with Gasteiger partial charge in [-0.1, -0.05) is 26.0 Å². The third-order valence-corrected chi connectivity index (χ3v) is 6.38. The van der Waals surface area contributed by atoms with Crippen molar-refractivity contribution in [2.24, 2.45) is 5.92 Å². The zero-order valence-electron chi connectivity index (χ0n) is 20.7. The van der Waals surface area contributed by atoms with Crippen molar-refractivity contribution >= 4 is 17.4 Å². The highest BCUT2D eigenvalue weighted by Crippen LogP contribution is 2.41. The largest absolute Gasteiger partial charge is 0.507 e. The molecule has 7 nitrogen and oxygen atoms in total. The Kier molecular flexibility index (Phi) is 7.45. The average molecular weight is 480 g/mol. The highest BCUT2D eigenvalue weighted by atomic mass is 16.5. The van der Waals surface area contributed by atoms with Crippen LogP contribution in [0.5, 0.6) is 11.5 Å². The van der Waals surface area contributed by atoms with Crippen LogP contribution in [0.15, 0.2) is 48.0 Å². The number of Topliss-reactive ketones (excluding diaryl/α,β-unsaturated/α-hetero) is 1. The summed E-state index contributed by atoms with van der Waals surface area (Å²) in [5.41, 5.74) is 2.21. The van der Waals surface area contributed by atoms with Gasteiger partial charge in [-0.3, -0.25) is 9.59 Å². The molecule has 35 heavy (non-hydrogen) atoms. The molecule has 1 N–H and O–H groups in total. The second-order valence-electron chi connectivity index (χ2n) is 9.54. The number of aliphatic hydroxyl groups excluding tert-OH is 1. The fraction of sp³-hybridized carbons (Fsp3) is 0.429. The number of fused-ring (bicyclic) bond motifs is 1. The minimum Gasteiger partial charge on any atom is -0.507 e. The molecule has 7 heteroatoms. The zero-order valence-corrected chi connectivity index (χ0v) is 20.7. The summed E-state index contributed by atoms with van der Waals surface area (Å²) in [7, 11) is 1.54. The molecule has 1 amide bonds. The third-order valence-electron chi connectivity index (χ3n) is 6.38. The molecular weight excluding hydrogens is 446 g/mol. The minimum absolute atomic E-state index is 0.0560. The molecule has 0 unspecified atom stereocenters. The molecule has 0 radical (unpaired) electrons. The van der Waals surface area contributed by atoms with Gasteiger partial charge in [0.25, 0.3) is 11.7 Å². The second kappa shape index (κ2) is 10.5. The Labute approximate surface area is 206 Å². The first kappa shape index (κ1) is 24.8. The van der Waals surface area contributed by atoms with Gasteiger partial charge in [0, 0.05) is 25.6 Å². The van der Waals surface area contributed by atoms with E-state index in [9.17, 15) is 14.7 Å². The van der Waals surface area contributed by atoms with Gasteiger partial charge < -0.3 is 24.2 Å². The van der Waals surface area contributed by atoms with Crippen LogP contribution in [-0.4, -0.2) is 54.7 Å². The van der Waals surface area contributed by atoms with Crippen molar-refractivity contribution in [3.8, 4) is 11.5 Å². The van der Waals surface area contributed by atoms with Crippen LogP contribution in [-0.2, 0) is 20.7 Å². The molecule has 1 fully saturated rings. The topological polar surface area (TPSA) is 85.3 Å². The van der Waals surface area contributed by atoms with Crippen LogP contribution in [0.2, 0.25) is 0 Å². The van der Waals surface area contributed by atoms with Gasteiger partial charge in [-0.25, -0.2) is 0 Å². The van der Waals surface area contributed by atoms with Crippen molar-refractivity contribution in [3.05, 3.63) is 64.7 Å². The van der Waals surface area contributed by atoms with Gasteiger partial charge in [0.1, 0.15) is 23.4 Å². The molecule has 0 spiro atoms. The first-order valence-electron chi connectivity index (χ1n) is 12.1. The fourth-order valence-electron chi connectivity index (χ4n) is 4.56. The molecule has 0 aliphatic carbocycles. The lowest BCUT2D eigenvalue weighted by Gasteiger charge is -2.25. The number of hydrogen-bond acceptors (Lipinski definition) is 6. The first-order valence-corrected chi connectivity index (χ1v) is 12.1. The molecule has 2 aromatic carbocycles. The summed E-state index contributed by atoms with van der Waals surface area (Å²) in [6, 6.07) is 12.0. The molecule has 2 heterocycles. The maximum atomic E-state index is 13.2. The summed E-state index contributed by atoms with van der Waals surface area (Å²) in [5, 5.41) is 11.3. The number of ether oxygens (including phenoxy) is 3. The van der Waals surface area contributed by atoms with E-state index in [1.165, 1.54) is 4.90 Å². The second-order valence-corrected chi connectivity index (χ2v) is 9.54. The van der Waals surface area contributed by atoms with E-state index in [-0.39, 0.29) is 30.6 Å². The third kappa shape index (κ3) is 5.20. The number of carbonyl (C=O) groups is 2. The summed E-state index contributed by atoms with van der Waals surface area (Å²) in [6.45, 7) is 7.31. The fourth-order valence-corrected chi connectivity index (χ4v) is 4.56. The Morgan fingerprint density at radius 3 is 2.71 bits per heavy atom. The molecule has 0 saturated carbocycles. The molecule has 2 aliphatic rings. The maximum Gasteiger partial charge on any atom is 0.295 e. The average Bonchev–Trinajstić information content (AvgIpc) is 3.32. The number of amides is 1.